The Morgan fingerprint density at radius 3 is 2.59 bits per heavy atom. The van der Waals surface area contributed by atoms with Gasteiger partial charge in [-0.1, -0.05) is 43.3 Å². The summed E-state index contributed by atoms with van der Waals surface area (Å²) < 4.78 is 5.59. The van der Waals surface area contributed by atoms with Crippen LogP contribution >= 0.6 is 0 Å². The van der Waals surface area contributed by atoms with Crippen molar-refractivity contribution in [1.82, 2.24) is 4.90 Å². The van der Waals surface area contributed by atoms with E-state index in [1.807, 2.05) is 25.1 Å². The Morgan fingerprint density at radius 1 is 1.36 bits per heavy atom. The van der Waals surface area contributed by atoms with Crippen molar-refractivity contribution < 1.29 is 14.6 Å². The smallest absolute Gasteiger partial charge is 0.347 e. The predicted molar refractivity (Wildman–Crippen MR) is 86.4 cm³/mol. The van der Waals surface area contributed by atoms with Crippen molar-refractivity contribution in [3.8, 4) is 0 Å². The number of hydrogen-bond donors (Lipinski definition) is 1. The summed E-state index contributed by atoms with van der Waals surface area (Å²) in [7, 11) is 2.06. The van der Waals surface area contributed by atoms with E-state index in [2.05, 4.69) is 11.9 Å². The van der Waals surface area contributed by atoms with Gasteiger partial charge in [0.15, 0.2) is 0 Å². The first-order valence-electron chi connectivity index (χ1n) is 7.91. The fourth-order valence-electron chi connectivity index (χ4n) is 2.61. The Balaban J connectivity index is 2.15. The number of allylic oxidation sites excluding steroid dienone is 1. The molecule has 1 heterocycles. The zero-order chi connectivity index (χ0) is 16.0. The van der Waals surface area contributed by atoms with E-state index in [1.165, 1.54) is 0 Å². The minimum Gasteiger partial charge on any atom is -0.460 e. The highest BCUT2D eigenvalue weighted by Gasteiger charge is 2.38. The molecule has 0 aromatic heterocycles. The number of esters is 1. The second-order valence-corrected chi connectivity index (χ2v) is 5.85. The van der Waals surface area contributed by atoms with Crippen LogP contribution in [0, 0.1) is 0 Å². The van der Waals surface area contributed by atoms with Crippen molar-refractivity contribution in [2.24, 2.45) is 0 Å². The predicted octanol–water partition coefficient (Wildman–Crippen LogP) is 2.48. The summed E-state index contributed by atoms with van der Waals surface area (Å²) in [5.41, 5.74) is -1.17. The summed E-state index contributed by atoms with van der Waals surface area (Å²) >= 11 is 0. The lowest BCUT2D eigenvalue weighted by Gasteiger charge is -2.31. The first kappa shape index (κ1) is 16.7. The van der Waals surface area contributed by atoms with E-state index in [9.17, 15) is 9.90 Å². The molecule has 0 spiro atoms. The van der Waals surface area contributed by atoms with Crippen LogP contribution in [-0.2, 0) is 15.1 Å². The molecule has 4 heteroatoms. The van der Waals surface area contributed by atoms with Crippen LogP contribution in [0.25, 0.3) is 0 Å². The molecule has 1 aromatic carbocycles. The van der Waals surface area contributed by atoms with E-state index < -0.39 is 11.6 Å². The molecule has 0 bridgehead atoms. The summed E-state index contributed by atoms with van der Waals surface area (Å²) in [4.78, 5) is 14.8. The average Bonchev–Trinajstić information content (AvgIpc) is 2.55. The van der Waals surface area contributed by atoms with Gasteiger partial charge in [0, 0.05) is 13.1 Å². The van der Waals surface area contributed by atoms with Crippen LogP contribution < -0.4 is 0 Å². The number of likely N-dealkylation sites (tertiary alicyclic amines) is 1. The van der Waals surface area contributed by atoms with Crippen LogP contribution in [0.4, 0.5) is 0 Å². The van der Waals surface area contributed by atoms with Gasteiger partial charge in [0.05, 0.1) is 0 Å². The molecule has 4 nitrogen and oxygen atoms in total. The van der Waals surface area contributed by atoms with Gasteiger partial charge in [-0.05, 0) is 37.9 Å². The second-order valence-electron chi connectivity index (χ2n) is 5.85. The van der Waals surface area contributed by atoms with E-state index >= 15 is 0 Å². The maximum absolute atomic E-state index is 12.6. The monoisotopic (exact) mass is 303 g/mol. The highest BCUT2D eigenvalue weighted by atomic mass is 16.6. The van der Waals surface area contributed by atoms with E-state index in [-0.39, 0.29) is 6.10 Å². The second kappa shape index (κ2) is 7.56. The molecule has 1 saturated heterocycles. The summed E-state index contributed by atoms with van der Waals surface area (Å²) in [6.45, 7) is 3.78. The average molecular weight is 303 g/mol. The van der Waals surface area contributed by atoms with Crippen molar-refractivity contribution in [3.63, 3.8) is 0 Å². The van der Waals surface area contributed by atoms with Crippen LogP contribution in [0.2, 0.25) is 0 Å². The molecule has 1 aliphatic rings. The first-order valence-corrected chi connectivity index (χ1v) is 7.91. The van der Waals surface area contributed by atoms with Crippen LogP contribution in [0.15, 0.2) is 42.5 Å². The van der Waals surface area contributed by atoms with E-state index in [1.54, 1.807) is 24.3 Å². The highest BCUT2D eigenvalue weighted by molar-refractivity contribution is 5.83. The maximum atomic E-state index is 12.6. The molecule has 1 fully saturated rings. The minimum atomic E-state index is -1.71. The number of carbonyl (C=O) groups excluding carboxylic acids is 1. The van der Waals surface area contributed by atoms with Crippen molar-refractivity contribution in [3.05, 3.63) is 48.0 Å². The number of ether oxygens (including phenoxy) is 1. The Kier molecular flexibility index (Phi) is 5.75. The molecule has 1 atom stereocenters. The molecule has 0 aliphatic carbocycles. The summed E-state index contributed by atoms with van der Waals surface area (Å²) in [6.07, 6.45) is 5.59. The molecule has 1 unspecified atom stereocenters. The maximum Gasteiger partial charge on any atom is 0.347 e. The topological polar surface area (TPSA) is 49.8 Å². The standard InChI is InChI=1S/C18H25NO3/c1-3-4-12-18(21,15-8-6-5-7-9-15)17(20)22-16-10-13-19(2)14-11-16/h4-9,12,16,21H,3,10-11,13-14H2,1-2H3/b12-4-. The third kappa shape index (κ3) is 3.96. The number of benzene rings is 1. The quantitative estimate of drug-likeness (QED) is 0.670. The van der Waals surface area contributed by atoms with E-state index in [0.29, 0.717) is 5.56 Å². The van der Waals surface area contributed by atoms with Gasteiger partial charge < -0.3 is 14.7 Å². The normalized spacial score (nSPS) is 20.0. The highest BCUT2D eigenvalue weighted by Crippen LogP contribution is 2.27. The molecule has 0 radical (unpaired) electrons. The van der Waals surface area contributed by atoms with Gasteiger partial charge in [-0.15, -0.1) is 0 Å². The molecule has 0 amide bonds. The molecule has 1 N–H and O–H groups in total. The number of hydrogen-bond acceptors (Lipinski definition) is 4. The van der Waals surface area contributed by atoms with Crippen LogP contribution in [0.3, 0.4) is 0 Å². The van der Waals surface area contributed by atoms with Crippen molar-refractivity contribution in [2.45, 2.75) is 37.9 Å². The third-order valence-corrected chi connectivity index (χ3v) is 4.06. The fraction of sp³-hybridized carbons (Fsp3) is 0.500. The van der Waals surface area contributed by atoms with Gasteiger partial charge in [0.25, 0.3) is 0 Å². The lowest BCUT2D eigenvalue weighted by atomic mass is 9.93. The van der Waals surface area contributed by atoms with Crippen LogP contribution in [0.5, 0.6) is 0 Å². The molecule has 120 valence electrons. The number of rotatable bonds is 5. The van der Waals surface area contributed by atoms with Gasteiger partial charge >= 0.3 is 5.97 Å². The largest absolute Gasteiger partial charge is 0.460 e. The van der Waals surface area contributed by atoms with Crippen molar-refractivity contribution in [1.29, 1.82) is 0 Å². The zero-order valence-electron chi connectivity index (χ0n) is 13.4. The summed E-state index contributed by atoms with van der Waals surface area (Å²) in [6, 6.07) is 8.97. The molecular weight excluding hydrogens is 278 g/mol. The van der Waals surface area contributed by atoms with Crippen molar-refractivity contribution >= 4 is 5.97 Å². The Bertz CT molecular complexity index is 506. The van der Waals surface area contributed by atoms with Crippen molar-refractivity contribution in [2.75, 3.05) is 20.1 Å². The molecular formula is C18H25NO3. The van der Waals surface area contributed by atoms with E-state index in [4.69, 9.17) is 4.74 Å². The number of aliphatic hydroxyl groups is 1. The van der Waals surface area contributed by atoms with Gasteiger partial charge in [-0.2, -0.15) is 0 Å². The van der Waals surface area contributed by atoms with Gasteiger partial charge in [0.1, 0.15) is 6.10 Å². The van der Waals surface area contributed by atoms with Crippen LogP contribution in [0.1, 0.15) is 31.7 Å². The van der Waals surface area contributed by atoms with Gasteiger partial charge in [-0.3, -0.25) is 0 Å². The van der Waals surface area contributed by atoms with Crippen LogP contribution in [-0.4, -0.2) is 42.2 Å². The lowest BCUT2D eigenvalue weighted by Crippen LogP contribution is -2.41. The molecule has 0 saturated carbocycles. The van der Waals surface area contributed by atoms with E-state index in [0.717, 1.165) is 32.4 Å². The Hall–Kier alpha value is -1.65. The first-order chi connectivity index (χ1) is 10.6. The summed E-state index contributed by atoms with van der Waals surface area (Å²) in [5, 5.41) is 10.9. The number of nitrogens with zero attached hydrogens (tertiary/aromatic N) is 1. The fourth-order valence-corrected chi connectivity index (χ4v) is 2.61. The molecule has 22 heavy (non-hydrogen) atoms. The molecule has 2 rings (SSSR count). The molecule has 1 aromatic rings. The summed E-state index contributed by atoms with van der Waals surface area (Å²) in [5.74, 6) is -0.585. The lowest BCUT2D eigenvalue weighted by molar-refractivity contribution is -0.169. The van der Waals surface area contributed by atoms with Gasteiger partial charge in [-0.25, -0.2) is 4.79 Å². The SMILES string of the molecule is CC/C=C\C(O)(C(=O)OC1CCN(C)CC1)c1ccccc1. The number of piperidine rings is 1. The Morgan fingerprint density at radius 2 is 2.00 bits per heavy atom. The Labute approximate surface area is 132 Å². The minimum absolute atomic E-state index is 0.117. The zero-order valence-corrected chi connectivity index (χ0v) is 13.4. The van der Waals surface area contributed by atoms with Gasteiger partial charge in [0.2, 0.25) is 5.60 Å². The third-order valence-electron chi connectivity index (χ3n) is 4.06. The molecule has 1 aliphatic heterocycles. The number of carbonyl (C=O) groups is 1.